The molecule has 94 valence electrons. The van der Waals surface area contributed by atoms with Crippen molar-refractivity contribution in [3.8, 4) is 0 Å². The standard InChI is InChI=1S/C10H21N3O2S/c1-7(6-16-4)5-12-8(2)9(14)13-10(15)11-3/h7-8,12H,5-6H2,1-4H3,(H2,11,13,14,15). The highest BCUT2D eigenvalue weighted by molar-refractivity contribution is 7.98. The molecule has 0 saturated heterocycles. The van der Waals surface area contributed by atoms with Gasteiger partial charge in [0.15, 0.2) is 0 Å². The van der Waals surface area contributed by atoms with Gasteiger partial charge < -0.3 is 10.6 Å². The minimum atomic E-state index is -0.476. The van der Waals surface area contributed by atoms with E-state index in [1.165, 1.54) is 7.05 Å². The average Bonchev–Trinajstić information content (AvgIpc) is 2.25. The minimum Gasteiger partial charge on any atom is -0.341 e. The Balaban J connectivity index is 3.83. The van der Waals surface area contributed by atoms with Crippen LogP contribution >= 0.6 is 11.8 Å². The molecule has 6 heteroatoms. The van der Waals surface area contributed by atoms with Gasteiger partial charge in [-0.15, -0.1) is 0 Å². The Kier molecular flexibility index (Phi) is 8.01. The number of hydrogen-bond acceptors (Lipinski definition) is 4. The number of rotatable bonds is 6. The van der Waals surface area contributed by atoms with Crippen molar-refractivity contribution >= 4 is 23.7 Å². The van der Waals surface area contributed by atoms with Gasteiger partial charge in [-0.3, -0.25) is 10.1 Å². The summed E-state index contributed by atoms with van der Waals surface area (Å²) in [6.45, 7) is 4.63. The second kappa shape index (κ2) is 8.41. The molecule has 0 radical (unpaired) electrons. The molecule has 0 aromatic carbocycles. The van der Waals surface area contributed by atoms with E-state index in [0.29, 0.717) is 5.92 Å². The lowest BCUT2D eigenvalue weighted by molar-refractivity contribution is -0.121. The summed E-state index contributed by atoms with van der Waals surface area (Å²) in [5, 5.41) is 7.65. The topological polar surface area (TPSA) is 70.2 Å². The molecule has 16 heavy (non-hydrogen) atoms. The highest BCUT2D eigenvalue weighted by atomic mass is 32.2. The van der Waals surface area contributed by atoms with Crippen molar-refractivity contribution in [3.05, 3.63) is 0 Å². The molecule has 0 spiro atoms. The molecule has 2 unspecified atom stereocenters. The van der Waals surface area contributed by atoms with E-state index >= 15 is 0 Å². The lowest BCUT2D eigenvalue weighted by Crippen LogP contribution is -2.48. The average molecular weight is 247 g/mol. The lowest BCUT2D eigenvalue weighted by Gasteiger charge is -2.16. The Hall–Kier alpha value is -0.750. The van der Waals surface area contributed by atoms with Crippen LogP contribution in [0.15, 0.2) is 0 Å². The van der Waals surface area contributed by atoms with Gasteiger partial charge in [-0.25, -0.2) is 4.79 Å². The van der Waals surface area contributed by atoms with Gasteiger partial charge in [-0.05, 0) is 31.4 Å². The van der Waals surface area contributed by atoms with Crippen LogP contribution in [-0.2, 0) is 4.79 Å². The summed E-state index contributed by atoms with van der Waals surface area (Å²) in [5.74, 6) is 1.25. The molecule has 0 aromatic heterocycles. The normalized spacial score (nSPS) is 14.0. The van der Waals surface area contributed by atoms with E-state index < -0.39 is 6.03 Å². The molecule has 0 aliphatic carbocycles. The van der Waals surface area contributed by atoms with Crippen LogP contribution in [0.2, 0.25) is 0 Å². The second-order valence-electron chi connectivity index (χ2n) is 3.76. The first kappa shape index (κ1) is 15.2. The molecule has 0 bridgehead atoms. The summed E-state index contributed by atoms with van der Waals surface area (Å²) in [6.07, 6.45) is 2.05. The van der Waals surface area contributed by atoms with Gasteiger partial charge in [0.1, 0.15) is 0 Å². The molecule has 0 aliphatic heterocycles. The molecular formula is C10H21N3O2S. The molecule has 3 amide bonds. The van der Waals surface area contributed by atoms with Crippen LogP contribution in [0.1, 0.15) is 13.8 Å². The minimum absolute atomic E-state index is 0.310. The van der Waals surface area contributed by atoms with Gasteiger partial charge >= 0.3 is 6.03 Å². The van der Waals surface area contributed by atoms with Gasteiger partial charge in [0.25, 0.3) is 0 Å². The van der Waals surface area contributed by atoms with Crippen molar-refractivity contribution in [3.63, 3.8) is 0 Å². The molecular weight excluding hydrogens is 226 g/mol. The molecule has 5 nitrogen and oxygen atoms in total. The van der Waals surface area contributed by atoms with Crippen molar-refractivity contribution < 1.29 is 9.59 Å². The first-order chi connectivity index (χ1) is 7.51. The Morgan fingerprint density at radius 2 is 1.94 bits per heavy atom. The van der Waals surface area contributed by atoms with Crippen LogP contribution in [0.4, 0.5) is 4.79 Å². The Morgan fingerprint density at radius 3 is 2.44 bits per heavy atom. The fraction of sp³-hybridized carbons (Fsp3) is 0.800. The Labute approximate surface area is 101 Å². The fourth-order valence-corrected chi connectivity index (χ4v) is 1.78. The maximum absolute atomic E-state index is 11.4. The third kappa shape index (κ3) is 6.68. The van der Waals surface area contributed by atoms with Gasteiger partial charge in [0, 0.05) is 7.05 Å². The number of amides is 3. The molecule has 0 aliphatic rings. The summed E-state index contributed by atoms with van der Waals surface area (Å²) in [6, 6.07) is -0.836. The van der Waals surface area contributed by atoms with Crippen molar-refractivity contribution in [1.82, 2.24) is 16.0 Å². The van der Waals surface area contributed by atoms with Crippen molar-refractivity contribution in [2.45, 2.75) is 19.9 Å². The number of imide groups is 1. The number of urea groups is 1. The second-order valence-corrected chi connectivity index (χ2v) is 4.67. The number of hydrogen-bond donors (Lipinski definition) is 3. The number of nitrogens with one attached hydrogen (secondary N) is 3. The third-order valence-electron chi connectivity index (χ3n) is 2.08. The van der Waals surface area contributed by atoms with Crippen LogP contribution < -0.4 is 16.0 Å². The number of carbonyl (C=O) groups is 2. The van der Waals surface area contributed by atoms with E-state index in [4.69, 9.17) is 0 Å². The van der Waals surface area contributed by atoms with Gasteiger partial charge in [-0.1, -0.05) is 6.92 Å². The maximum Gasteiger partial charge on any atom is 0.321 e. The maximum atomic E-state index is 11.4. The zero-order valence-electron chi connectivity index (χ0n) is 10.3. The summed E-state index contributed by atoms with van der Waals surface area (Å²) in [7, 11) is 1.47. The summed E-state index contributed by atoms with van der Waals surface area (Å²) in [5.41, 5.74) is 0. The fourth-order valence-electron chi connectivity index (χ4n) is 1.10. The van der Waals surface area contributed by atoms with E-state index in [9.17, 15) is 9.59 Å². The monoisotopic (exact) mass is 247 g/mol. The molecule has 2 atom stereocenters. The zero-order chi connectivity index (χ0) is 12.6. The summed E-state index contributed by atoms with van der Waals surface area (Å²) >= 11 is 1.78. The largest absolute Gasteiger partial charge is 0.341 e. The van der Waals surface area contributed by atoms with Crippen LogP contribution in [-0.4, -0.2) is 43.6 Å². The molecule has 0 heterocycles. The molecule has 3 N–H and O–H groups in total. The zero-order valence-corrected chi connectivity index (χ0v) is 11.1. The quantitative estimate of drug-likeness (QED) is 0.636. The molecule has 0 aromatic rings. The van der Waals surface area contributed by atoms with Crippen molar-refractivity contribution in [1.29, 1.82) is 0 Å². The highest BCUT2D eigenvalue weighted by Crippen LogP contribution is 2.02. The molecule has 0 saturated carbocycles. The first-order valence-corrected chi connectivity index (χ1v) is 6.65. The van der Waals surface area contributed by atoms with Crippen molar-refractivity contribution in [2.75, 3.05) is 25.6 Å². The predicted octanol–water partition coefficient (Wildman–Crippen LogP) is 0.419. The Morgan fingerprint density at radius 1 is 1.31 bits per heavy atom. The van der Waals surface area contributed by atoms with E-state index in [0.717, 1.165) is 12.3 Å². The SMILES string of the molecule is CNC(=O)NC(=O)C(C)NCC(C)CSC. The van der Waals surface area contributed by atoms with Crippen molar-refractivity contribution in [2.24, 2.45) is 5.92 Å². The summed E-state index contributed by atoms with van der Waals surface area (Å²) in [4.78, 5) is 22.3. The van der Waals surface area contributed by atoms with Crippen LogP contribution in [0, 0.1) is 5.92 Å². The lowest BCUT2D eigenvalue weighted by atomic mass is 10.2. The van der Waals surface area contributed by atoms with E-state index in [1.807, 2.05) is 0 Å². The van der Waals surface area contributed by atoms with E-state index in [1.54, 1.807) is 18.7 Å². The molecule has 0 fully saturated rings. The van der Waals surface area contributed by atoms with Crippen LogP contribution in [0.3, 0.4) is 0 Å². The van der Waals surface area contributed by atoms with Gasteiger partial charge in [0.05, 0.1) is 6.04 Å². The van der Waals surface area contributed by atoms with Crippen LogP contribution in [0.5, 0.6) is 0 Å². The highest BCUT2D eigenvalue weighted by Gasteiger charge is 2.15. The smallest absolute Gasteiger partial charge is 0.321 e. The first-order valence-electron chi connectivity index (χ1n) is 5.26. The predicted molar refractivity (Wildman–Crippen MR) is 67.6 cm³/mol. The van der Waals surface area contributed by atoms with E-state index in [-0.39, 0.29) is 11.9 Å². The molecule has 0 rings (SSSR count). The number of carbonyl (C=O) groups excluding carboxylic acids is 2. The van der Waals surface area contributed by atoms with E-state index in [2.05, 4.69) is 29.1 Å². The Bertz CT molecular complexity index is 236. The van der Waals surface area contributed by atoms with Gasteiger partial charge in [0.2, 0.25) is 5.91 Å². The third-order valence-corrected chi connectivity index (χ3v) is 2.98. The van der Waals surface area contributed by atoms with Crippen LogP contribution in [0.25, 0.3) is 0 Å². The summed E-state index contributed by atoms with van der Waals surface area (Å²) < 4.78 is 0. The number of thioether (sulfide) groups is 1. The van der Waals surface area contributed by atoms with Gasteiger partial charge in [-0.2, -0.15) is 11.8 Å².